The number of rotatable bonds is 10. The molecule has 1 fully saturated rings. The molecule has 0 aliphatic carbocycles. The fourth-order valence-electron chi connectivity index (χ4n) is 3.46. The molecule has 7 nitrogen and oxygen atoms in total. The van der Waals surface area contributed by atoms with Crippen molar-refractivity contribution in [3.8, 4) is 0 Å². The van der Waals surface area contributed by atoms with Gasteiger partial charge in [0, 0.05) is 39.3 Å². The number of ether oxygens (including phenoxy) is 2. The van der Waals surface area contributed by atoms with Gasteiger partial charge in [-0.3, -0.25) is 9.69 Å². The van der Waals surface area contributed by atoms with Crippen molar-refractivity contribution in [3.63, 3.8) is 0 Å². The van der Waals surface area contributed by atoms with Gasteiger partial charge in [0.15, 0.2) is 5.96 Å². The number of nitrogens with one attached hydrogen (secondary N) is 2. The van der Waals surface area contributed by atoms with Crippen LogP contribution in [0.1, 0.15) is 52.5 Å². The first-order valence-corrected chi connectivity index (χ1v) is 11.5. The predicted octanol–water partition coefficient (Wildman–Crippen LogP) is 2.95. The van der Waals surface area contributed by atoms with Crippen LogP contribution in [0.25, 0.3) is 0 Å². The highest BCUT2D eigenvalue weighted by atomic mass is 16.6. The van der Waals surface area contributed by atoms with E-state index in [2.05, 4.69) is 50.9 Å². The lowest BCUT2D eigenvalue weighted by atomic mass is 10.1. The molecule has 174 valence electrons. The maximum absolute atomic E-state index is 11.8. The lowest BCUT2D eigenvalue weighted by Crippen LogP contribution is -2.39. The molecular weight excluding hydrogens is 392 g/mol. The molecule has 0 amide bonds. The molecule has 1 aliphatic heterocycles. The topological polar surface area (TPSA) is 75.2 Å². The van der Waals surface area contributed by atoms with Crippen LogP contribution in [0, 0.1) is 0 Å². The van der Waals surface area contributed by atoms with Crippen molar-refractivity contribution >= 4 is 11.9 Å². The van der Waals surface area contributed by atoms with Crippen molar-refractivity contribution in [2.45, 2.75) is 65.2 Å². The van der Waals surface area contributed by atoms with Crippen molar-refractivity contribution in [3.05, 3.63) is 35.9 Å². The van der Waals surface area contributed by atoms with Crippen LogP contribution < -0.4 is 10.6 Å². The van der Waals surface area contributed by atoms with Crippen LogP contribution in [0.5, 0.6) is 0 Å². The summed E-state index contributed by atoms with van der Waals surface area (Å²) in [6, 6.07) is 10.6. The van der Waals surface area contributed by atoms with Crippen molar-refractivity contribution < 1.29 is 14.3 Å². The van der Waals surface area contributed by atoms with Gasteiger partial charge in [-0.2, -0.15) is 0 Å². The maximum atomic E-state index is 11.8. The van der Waals surface area contributed by atoms with E-state index in [1.54, 1.807) is 0 Å². The van der Waals surface area contributed by atoms with Crippen molar-refractivity contribution in [1.29, 1.82) is 0 Å². The van der Waals surface area contributed by atoms with Crippen molar-refractivity contribution in [2.24, 2.45) is 4.99 Å². The van der Waals surface area contributed by atoms with E-state index in [0.717, 1.165) is 58.6 Å². The number of carbonyl (C=O) groups excluding carboxylic acids is 1. The molecule has 7 heteroatoms. The van der Waals surface area contributed by atoms with E-state index in [-0.39, 0.29) is 12.5 Å². The van der Waals surface area contributed by atoms with Crippen LogP contribution in [-0.4, -0.2) is 67.9 Å². The quantitative estimate of drug-likeness (QED) is 0.256. The van der Waals surface area contributed by atoms with Gasteiger partial charge in [-0.15, -0.1) is 0 Å². The summed E-state index contributed by atoms with van der Waals surface area (Å²) in [6.45, 7) is 12.9. The van der Waals surface area contributed by atoms with E-state index in [1.807, 2.05) is 27.7 Å². The second kappa shape index (κ2) is 13.3. The molecule has 31 heavy (non-hydrogen) atoms. The van der Waals surface area contributed by atoms with Gasteiger partial charge >= 0.3 is 5.97 Å². The second-order valence-electron chi connectivity index (χ2n) is 8.89. The molecule has 1 aliphatic rings. The first-order valence-electron chi connectivity index (χ1n) is 11.5. The average Bonchev–Trinajstić information content (AvgIpc) is 2.72. The Morgan fingerprint density at radius 1 is 1.16 bits per heavy atom. The SMILES string of the molecule is CCNC(=NCC(=O)OC(C)(C)C)NCCCOC1CCN(Cc2ccccc2)CC1. The molecule has 0 unspecified atom stereocenters. The van der Waals surface area contributed by atoms with Gasteiger partial charge in [0.05, 0.1) is 6.10 Å². The van der Waals surface area contributed by atoms with E-state index < -0.39 is 5.60 Å². The first kappa shape index (κ1) is 25.1. The molecule has 2 rings (SSSR count). The highest BCUT2D eigenvalue weighted by Gasteiger charge is 2.19. The summed E-state index contributed by atoms with van der Waals surface area (Å²) in [6.07, 6.45) is 3.41. The zero-order valence-corrected chi connectivity index (χ0v) is 19.7. The van der Waals surface area contributed by atoms with E-state index in [0.29, 0.717) is 12.1 Å². The molecule has 0 bridgehead atoms. The summed E-state index contributed by atoms with van der Waals surface area (Å²) in [5.74, 6) is 0.300. The third-order valence-corrected chi connectivity index (χ3v) is 4.88. The molecule has 0 spiro atoms. The second-order valence-corrected chi connectivity index (χ2v) is 8.89. The Kier molecular flexibility index (Phi) is 10.8. The summed E-state index contributed by atoms with van der Waals surface area (Å²) in [5.41, 5.74) is 0.880. The van der Waals surface area contributed by atoms with Crippen molar-refractivity contribution in [1.82, 2.24) is 15.5 Å². The molecule has 2 N–H and O–H groups in total. The van der Waals surface area contributed by atoms with Crippen LogP contribution in [0.3, 0.4) is 0 Å². The molecule has 1 saturated heterocycles. The predicted molar refractivity (Wildman–Crippen MR) is 125 cm³/mol. The molecule has 1 heterocycles. The smallest absolute Gasteiger partial charge is 0.328 e. The molecule has 1 aromatic rings. The zero-order chi connectivity index (χ0) is 22.5. The van der Waals surface area contributed by atoms with E-state index in [1.165, 1.54) is 5.56 Å². The third kappa shape index (κ3) is 11.2. The van der Waals surface area contributed by atoms with Gasteiger partial charge in [-0.25, -0.2) is 4.99 Å². The standard InChI is InChI=1S/C24H40N4O3/c1-5-25-23(27-18-22(29)31-24(2,3)4)26-14-9-17-30-21-12-15-28(16-13-21)19-20-10-7-6-8-11-20/h6-8,10-11,21H,5,9,12-19H2,1-4H3,(H2,25,26,27). The van der Waals surface area contributed by atoms with Crippen LogP contribution in [0.2, 0.25) is 0 Å². The number of likely N-dealkylation sites (tertiary alicyclic amines) is 1. The molecular formula is C24H40N4O3. The Labute approximate surface area is 187 Å². The number of aliphatic imine (C=N–C) groups is 1. The summed E-state index contributed by atoms with van der Waals surface area (Å²) < 4.78 is 11.4. The number of nitrogens with zero attached hydrogens (tertiary/aromatic N) is 2. The summed E-state index contributed by atoms with van der Waals surface area (Å²) in [5, 5.41) is 6.40. The molecule has 1 aromatic carbocycles. The number of carbonyl (C=O) groups is 1. The Hall–Kier alpha value is -2.12. The highest BCUT2D eigenvalue weighted by molar-refractivity contribution is 5.83. The third-order valence-electron chi connectivity index (χ3n) is 4.88. The average molecular weight is 433 g/mol. The number of hydrogen-bond donors (Lipinski definition) is 2. The van der Waals surface area contributed by atoms with Crippen LogP contribution in [0.15, 0.2) is 35.3 Å². The van der Waals surface area contributed by atoms with Gasteiger partial charge in [0.1, 0.15) is 12.1 Å². The summed E-state index contributed by atoms with van der Waals surface area (Å²) in [7, 11) is 0. The largest absolute Gasteiger partial charge is 0.459 e. The minimum atomic E-state index is -0.493. The van der Waals surface area contributed by atoms with E-state index in [4.69, 9.17) is 9.47 Å². The maximum Gasteiger partial charge on any atom is 0.328 e. The lowest BCUT2D eigenvalue weighted by molar-refractivity contribution is -0.152. The van der Waals surface area contributed by atoms with Crippen LogP contribution in [-0.2, 0) is 20.8 Å². The van der Waals surface area contributed by atoms with Crippen LogP contribution >= 0.6 is 0 Å². The fraction of sp³-hybridized carbons (Fsp3) is 0.667. The summed E-state index contributed by atoms with van der Waals surface area (Å²) >= 11 is 0. The van der Waals surface area contributed by atoms with E-state index >= 15 is 0 Å². The highest BCUT2D eigenvalue weighted by Crippen LogP contribution is 2.16. The Morgan fingerprint density at radius 3 is 2.52 bits per heavy atom. The monoisotopic (exact) mass is 432 g/mol. The molecule has 0 aromatic heterocycles. The van der Waals surface area contributed by atoms with Gasteiger partial charge < -0.3 is 20.1 Å². The van der Waals surface area contributed by atoms with Gasteiger partial charge in [-0.1, -0.05) is 30.3 Å². The Balaban J connectivity index is 1.59. The van der Waals surface area contributed by atoms with Crippen LogP contribution in [0.4, 0.5) is 0 Å². The first-order chi connectivity index (χ1) is 14.9. The number of piperidine rings is 1. The molecule has 0 atom stereocenters. The number of guanidine groups is 1. The number of hydrogen-bond acceptors (Lipinski definition) is 5. The van der Waals surface area contributed by atoms with Crippen molar-refractivity contribution in [2.75, 3.05) is 39.3 Å². The Morgan fingerprint density at radius 2 is 1.87 bits per heavy atom. The zero-order valence-electron chi connectivity index (χ0n) is 19.7. The number of benzene rings is 1. The normalized spacial score (nSPS) is 16.2. The Bertz CT molecular complexity index is 665. The molecule has 0 radical (unpaired) electrons. The van der Waals surface area contributed by atoms with Gasteiger partial charge in [0.25, 0.3) is 0 Å². The minimum absolute atomic E-state index is 0.00462. The fourth-order valence-corrected chi connectivity index (χ4v) is 3.46. The number of esters is 1. The molecule has 0 saturated carbocycles. The summed E-state index contributed by atoms with van der Waals surface area (Å²) in [4.78, 5) is 18.6. The van der Waals surface area contributed by atoms with Gasteiger partial charge in [-0.05, 0) is 52.5 Å². The van der Waals surface area contributed by atoms with Gasteiger partial charge in [0.2, 0.25) is 0 Å². The van der Waals surface area contributed by atoms with E-state index in [9.17, 15) is 4.79 Å². The lowest BCUT2D eigenvalue weighted by Gasteiger charge is -2.32. The minimum Gasteiger partial charge on any atom is -0.459 e.